The van der Waals surface area contributed by atoms with Crippen molar-refractivity contribution in [2.75, 3.05) is 5.32 Å². The number of alkyl halides is 1. The molecule has 2 nitrogen and oxygen atoms in total. The molecule has 0 saturated carbocycles. The zero-order valence-electron chi connectivity index (χ0n) is 8.21. The first-order valence-electron chi connectivity index (χ1n) is 4.43. The first-order chi connectivity index (χ1) is 6.09. The van der Waals surface area contributed by atoms with E-state index in [1.54, 1.807) is 0 Å². The first kappa shape index (κ1) is 10.8. The summed E-state index contributed by atoms with van der Waals surface area (Å²) in [5.41, 5.74) is 1.20. The van der Waals surface area contributed by atoms with Gasteiger partial charge in [0.2, 0.25) is 0 Å². The normalized spacial score (nSPS) is 15.1. The zero-order valence-corrected chi connectivity index (χ0v) is 10.4. The Balaban J connectivity index is 2.59. The standard InChI is InChI=1S/C10H15IN2/c1-7-4-5-10(12-6-7)13-9(3)8(2)11/h4-6,8-9H,1-3H3,(H,12,13)/t8?,9-/m0/s1. The van der Waals surface area contributed by atoms with Crippen LogP contribution in [0, 0.1) is 6.92 Å². The van der Waals surface area contributed by atoms with Gasteiger partial charge in [0.05, 0.1) is 0 Å². The van der Waals surface area contributed by atoms with Gasteiger partial charge in [-0.1, -0.05) is 35.6 Å². The molecule has 2 atom stereocenters. The van der Waals surface area contributed by atoms with Crippen LogP contribution in [0.4, 0.5) is 5.82 Å². The molecule has 0 spiro atoms. The van der Waals surface area contributed by atoms with Gasteiger partial charge in [0, 0.05) is 16.2 Å². The molecule has 1 rings (SSSR count). The van der Waals surface area contributed by atoms with Crippen molar-refractivity contribution in [1.29, 1.82) is 0 Å². The predicted molar refractivity (Wildman–Crippen MR) is 65.5 cm³/mol. The molecule has 0 aliphatic carbocycles. The molecule has 1 N–H and O–H groups in total. The van der Waals surface area contributed by atoms with E-state index in [4.69, 9.17) is 0 Å². The van der Waals surface area contributed by atoms with Crippen LogP contribution in [0.3, 0.4) is 0 Å². The first-order valence-corrected chi connectivity index (χ1v) is 5.67. The summed E-state index contributed by atoms with van der Waals surface area (Å²) in [5, 5.41) is 3.35. The molecule has 13 heavy (non-hydrogen) atoms. The van der Waals surface area contributed by atoms with E-state index < -0.39 is 0 Å². The highest BCUT2D eigenvalue weighted by molar-refractivity contribution is 14.1. The molecule has 1 unspecified atom stereocenters. The molecular formula is C10H15IN2. The van der Waals surface area contributed by atoms with Gasteiger partial charge in [0.1, 0.15) is 5.82 Å². The van der Waals surface area contributed by atoms with Crippen molar-refractivity contribution in [2.24, 2.45) is 0 Å². The maximum atomic E-state index is 4.29. The number of rotatable bonds is 3. The molecule has 3 heteroatoms. The van der Waals surface area contributed by atoms with Gasteiger partial charge in [-0.05, 0) is 25.5 Å². The third-order valence-electron chi connectivity index (χ3n) is 1.98. The monoisotopic (exact) mass is 290 g/mol. The van der Waals surface area contributed by atoms with Crippen LogP contribution in [-0.4, -0.2) is 15.0 Å². The van der Waals surface area contributed by atoms with Crippen LogP contribution in [-0.2, 0) is 0 Å². The number of aromatic nitrogens is 1. The van der Waals surface area contributed by atoms with E-state index in [2.05, 4.69) is 52.8 Å². The van der Waals surface area contributed by atoms with Crippen LogP contribution in [0.25, 0.3) is 0 Å². The lowest BCUT2D eigenvalue weighted by Crippen LogP contribution is -2.23. The molecule has 1 aromatic rings. The molecule has 72 valence electrons. The van der Waals surface area contributed by atoms with Crippen molar-refractivity contribution < 1.29 is 0 Å². The van der Waals surface area contributed by atoms with E-state index in [0.717, 1.165) is 5.82 Å². The Kier molecular flexibility index (Phi) is 3.96. The van der Waals surface area contributed by atoms with Crippen LogP contribution in [0.1, 0.15) is 19.4 Å². The number of nitrogens with one attached hydrogen (secondary N) is 1. The number of nitrogens with zero attached hydrogens (tertiary/aromatic N) is 1. The molecule has 0 bridgehead atoms. The maximum absolute atomic E-state index is 4.29. The average Bonchev–Trinajstić information content (AvgIpc) is 2.08. The van der Waals surface area contributed by atoms with Crippen molar-refractivity contribution in [3.05, 3.63) is 23.9 Å². The number of hydrogen-bond donors (Lipinski definition) is 1. The topological polar surface area (TPSA) is 24.9 Å². The Morgan fingerprint density at radius 2 is 2.08 bits per heavy atom. The fourth-order valence-electron chi connectivity index (χ4n) is 0.901. The second kappa shape index (κ2) is 4.79. The molecule has 0 aliphatic rings. The highest BCUT2D eigenvalue weighted by Gasteiger charge is 2.07. The number of aryl methyl sites for hydroxylation is 1. The van der Waals surface area contributed by atoms with E-state index in [1.165, 1.54) is 5.56 Å². The number of hydrogen-bond acceptors (Lipinski definition) is 2. The number of halogens is 1. The fourth-order valence-corrected chi connectivity index (χ4v) is 1.08. The minimum absolute atomic E-state index is 0.454. The van der Waals surface area contributed by atoms with Gasteiger partial charge in [-0.25, -0.2) is 4.98 Å². The zero-order chi connectivity index (χ0) is 9.84. The highest BCUT2D eigenvalue weighted by atomic mass is 127. The Bertz CT molecular complexity index is 256. The fraction of sp³-hybridized carbons (Fsp3) is 0.500. The van der Waals surface area contributed by atoms with Crippen molar-refractivity contribution in [3.63, 3.8) is 0 Å². The van der Waals surface area contributed by atoms with Crippen LogP contribution in [0.2, 0.25) is 0 Å². The lowest BCUT2D eigenvalue weighted by molar-refractivity contribution is 0.798. The second-order valence-electron chi connectivity index (χ2n) is 3.33. The minimum atomic E-state index is 0.454. The quantitative estimate of drug-likeness (QED) is 0.683. The molecule has 0 aromatic carbocycles. The van der Waals surface area contributed by atoms with E-state index in [0.29, 0.717) is 9.97 Å². The van der Waals surface area contributed by atoms with Crippen molar-refractivity contribution in [3.8, 4) is 0 Å². The lowest BCUT2D eigenvalue weighted by atomic mass is 10.2. The van der Waals surface area contributed by atoms with Gasteiger partial charge in [0.15, 0.2) is 0 Å². The van der Waals surface area contributed by atoms with Gasteiger partial charge in [-0.2, -0.15) is 0 Å². The summed E-state index contributed by atoms with van der Waals surface area (Å²) in [6, 6.07) is 4.54. The molecule has 1 aromatic heterocycles. The van der Waals surface area contributed by atoms with Crippen LogP contribution < -0.4 is 5.32 Å². The summed E-state index contributed by atoms with van der Waals surface area (Å²) in [6.07, 6.45) is 1.88. The highest BCUT2D eigenvalue weighted by Crippen LogP contribution is 2.11. The summed E-state index contributed by atoms with van der Waals surface area (Å²) in [4.78, 5) is 4.29. The molecule has 0 radical (unpaired) electrons. The number of anilines is 1. The molecule has 0 amide bonds. The third kappa shape index (κ3) is 3.50. The summed E-state index contributed by atoms with van der Waals surface area (Å²) in [6.45, 7) is 6.40. The van der Waals surface area contributed by atoms with Gasteiger partial charge < -0.3 is 5.32 Å². The summed E-state index contributed by atoms with van der Waals surface area (Å²) < 4.78 is 0.598. The van der Waals surface area contributed by atoms with E-state index in [1.807, 2.05) is 19.2 Å². The lowest BCUT2D eigenvalue weighted by Gasteiger charge is -2.16. The largest absolute Gasteiger partial charge is 0.367 e. The smallest absolute Gasteiger partial charge is 0.126 e. The Labute approximate surface area is 93.3 Å². The molecule has 0 saturated heterocycles. The SMILES string of the molecule is Cc1ccc(N[C@@H](C)C(C)I)nc1. The molecule has 1 heterocycles. The minimum Gasteiger partial charge on any atom is -0.367 e. The molecule has 0 fully saturated rings. The van der Waals surface area contributed by atoms with Gasteiger partial charge in [-0.3, -0.25) is 0 Å². The Morgan fingerprint density at radius 1 is 1.38 bits per heavy atom. The van der Waals surface area contributed by atoms with Crippen LogP contribution >= 0.6 is 22.6 Å². The average molecular weight is 290 g/mol. The summed E-state index contributed by atoms with van der Waals surface area (Å²) >= 11 is 2.41. The second-order valence-corrected chi connectivity index (χ2v) is 5.30. The Hall–Kier alpha value is -0.320. The molecule has 0 aliphatic heterocycles. The van der Waals surface area contributed by atoms with Gasteiger partial charge in [0.25, 0.3) is 0 Å². The maximum Gasteiger partial charge on any atom is 0.126 e. The third-order valence-corrected chi connectivity index (χ3v) is 3.05. The van der Waals surface area contributed by atoms with Crippen LogP contribution in [0.5, 0.6) is 0 Å². The number of pyridine rings is 1. The molecular weight excluding hydrogens is 275 g/mol. The Morgan fingerprint density at radius 3 is 2.54 bits per heavy atom. The van der Waals surface area contributed by atoms with Gasteiger partial charge >= 0.3 is 0 Å². The summed E-state index contributed by atoms with van der Waals surface area (Å²) in [7, 11) is 0. The van der Waals surface area contributed by atoms with E-state index >= 15 is 0 Å². The van der Waals surface area contributed by atoms with Crippen molar-refractivity contribution in [1.82, 2.24) is 4.98 Å². The predicted octanol–water partition coefficient (Wildman–Crippen LogP) is 3.01. The summed E-state index contributed by atoms with van der Waals surface area (Å²) in [5.74, 6) is 0.960. The van der Waals surface area contributed by atoms with Crippen molar-refractivity contribution >= 4 is 28.4 Å². The van der Waals surface area contributed by atoms with E-state index in [9.17, 15) is 0 Å². The van der Waals surface area contributed by atoms with E-state index in [-0.39, 0.29) is 0 Å². The van der Waals surface area contributed by atoms with Gasteiger partial charge in [-0.15, -0.1) is 0 Å². The van der Waals surface area contributed by atoms with Crippen molar-refractivity contribution in [2.45, 2.75) is 30.7 Å². The van der Waals surface area contributed by atoms with Crippen LogP contribution in [0.15, 0.2) is 18.3 Å².